The van der Waals surface area contributed by atoms with Crippen LogP contribution in [0.1, 0.15) is 13.3 Å². The van der Waals surface area contributed by atoms with E-state index in [4.69, 9.17) is 4.55 Å². The third kappa shape index (κ3) is 3.16. The number of methoxy groups -OCH3 is 1. The van der Waals surface area contributed by atoms with Crippen LogP contribution in [-0.2, 0) is 19.6 Å². The molecule has 1 unspecified atom stereocenters. The fourth-order valence-corrected chi connectivity index (χ4v) is 1.78. The van der Waals surface area contributed by atoms with Crippen molar-refractivity contribution in [2.75, 3.05) is 7.11 Å². The Morgan fingerprint density at radius 3 is 2.31 bits per heavy atom. The first-order valence-corrected chi connectivity index (χ1v) is 5.08. The Bertz CT molecular complexity index is 303. The van der Waals surface area contributed by atoms with Crippen LogP contribution in [0.2, 0.25) is 0 Å². The van der Waals surface area contributed by atoms with Gasteiger partial charge in [0.2, 0.25) is 0 Å². The highest BCUT2D eigenvalue weighted by molar-refractivity contribution is 7.86. The Morgan fingerprint density at radius 1 is 1.62 bits per heavy atom. The maximum Gasteiger partial charge on any atom is 0.334 e. The summed E-state index contributed by atoms with van der Waals surface area (Å²) in [4.78, 5) is 10.9. The number of carbonyl (C=O) groups excluding carboxylic acids is 1. The molecule has 0 aromatic heterocycles. The van der Waals surface area contributed by atoms with Crippen LogP contribution in [0.5, 0.6) is 0 Å². The van der Waals surface area contributed by atoms with Crippen molar-refractivity contribution in [3.05, 3.63) is 12.2 Å². The van der Waals surface area contributed by atoms with Gasteiger partial charge in [-0.3, -0.25) is 4.55 Å². The zero-order valence-electron chi connectivity index (χ0n) is 7.48. The average Bonchev–Trinajstić information content (AvgIpc) is 2.01. The topological polar surface area (TPSA) is 80.7 Å². The third-order valence-electron chi connectivity index (χ3n) is 1.57. The van der Waals surface area contributed by atoms with Crippen LogP contribution in [-0.4, -0.2) is 31.3 Å². The van der Waals surface area contributed by atoms with E-state index in [9.17, 15) is 13.2 Å². The number of esters is 1. The van der Waals surface area contributed by atoms with Crippen molar-refractivity contribution in [3.8, 4) is 0 Å². The minimum absolute atomic E-state index is 0.0762. The molecule has 6 heteroatoms. The molecule has 0 aliphatic heterocycles. The summed E-state index contributed by atoms with van der Waals surface area (Å²) in [6.07, 6.45) is 0.0762. The number of rotatable bonds is 4. The largest absolute Gasteiger partial charge is 0.466 e. The lowest BCUT2D eigenvalue weighted by atomic mass is 10.2. The molecule has 0 rings (SSSR count). The molecule has 0 aromatic carbocycles. The molecule has 0 bridgehead atoms. The van der Waals surface area contributed by atoms with Gasteiger partial charge in [0.15, 0.2) is 0 Å². The summed E-state index contributed by atoms with van der Waals surface area (Å²) in [7, 11) is -3.15. The number of carbonyl (C=O) groups is 1. The van der Waals surface area contributed by atoms with Crippen molar-refractivity contribution < 1.29 is 22.5 Å². The monoisotopic (exact) mass is 208 g/mol. The van der Waals surface area contributed by atoms with E-state index < -0.39 is 21.3 Å². The highest BCUT2D eigenvalue weighted by Crippen LogP contribution is 2.14. The third-order valence-corrected chi connectivity index (χ3v) is 2.90. The minimum Gasteiger partial charge on any atom is -0.466 e. The van der Waals surface area contributed by atoms with Crippen LogP contribution < -0.4 is 0 Å². The standard InChI is InChI=1S/C7H12O5S/c1-4-6(13(9,10)11)5(2)7(8)12-3/h6H,2,4H2,1,3H3,(H,9,10,11). The van der Waals surface area contributed by atoms with Gasteiger partial charge in [-0.1, -0.05) is 13.5 Å². The normalized spacial score (nSPS) is 13.5. The molecule has 0 heterocycles. The predicted molar refractivity (Wildman–Crippen MR) is 46.8 cm³/mol. The van der Waals surface area contributed by atoms with Crippen LogP contribution in [0.15, 0.2) is 12.2 Å². The highest BCUT2D eigenvalue weighted by Gasteiger charge is 2.28. The molecule has 0 fully saturated rings. The summed E-state index contributed by atoms with van der Waals surface area (Å²) < 4.78 is 34.4. The van der Waals surface area contributed by atoms with Crippen LogP contribution in [0.3, 0.4) is 0 Å². The molecule has 0 spiro atoms. The molecule has 0 amide bonds. The fourth-order valence-electron chi connectivity index (χ4n) is 0.899. The molecule has 0 aliphatic rings. The molecule has 13 heavy (non-hydrogen) atoms. The van der Waals surface area contributed by atoms with Crippen LogP contribution in [0, 0.1) is 0 Å². The summed E-state index contributed by atoms with van der Waals surface area (Å²) >= 11 is 0. The lowest BCUT2D eigenvalue weighted by Crippen LogP contribution is -2.26. The zero-order chi connectivity index (χ0) is 10.6. The summed E-state index contributed by atoms with van der Waals surface area (Å²) in [5.41, 5.74) is -0.257. The van der Waals surface area contributed by atoms with Gasteiger partial charge in [0.05, 0.1) is 12.7 Å². The van der Waals surface area contributed by atoms with Crippen molar-refractivity contribution >= 4 is 16.1 Å². The Kier molecular flexibility index (Phi) is 4.09. The predicted octanol–water partition coefficient (Wildman–Crippen LogP) is 0.382. The Labute approximate surface area is 77.1 Å². The molecular formula is C7H12O5S. The first-order valence-electron chi connectivity index (χ1n) is 3.58. The van der Waals surface area contributed by atoms with Gasteiger partial charge in [-0.25, -0.2) is 4.79 Å². The lowest BCUT2D eigenvalue weighted by Gasteiger charge is -2.11. The minimum atomic E-state index is -4.27. The molecule has 5 nitrogen and oxygen atoms in total. The van der Waals surface area contributed by atoms with Gasteiger partial charge in [-0.15, -0.1) is 0 Å². The van der Waals surface area contributed by atoms with Gasteiger partial charge >= 0.3 is 5.97 Å². The van der Waals surface area contributed by atoms with Gasteiger partial charge in [-0.2, -0.15) is 8.42 Å². The molecule has 1 N–H and O–H groups in total. The second kappa shape index (κ2) is 4.38. The van der Waals surface area contributed by atoms with E-state index in [0.717, 1.165) is 7.11 Å². The SMILES string of the molecule is C=C(C(=O)OC)C(CC)S(=O)(=O)O. The molecule has 76 valence electrons. The molecule has 0 saturated heterocycles. The van der Waals surface area contributed by atoms with Crippen molar-refractivity contribution in [2.24, 2.45) is 0 Å². The number of hydrogen-bond acceptors (Lipinski definition) is 4. The Morgan fingerprint density at radius 2 is 2.08 bits per heavy atom. The van der Waals surface area contributed by atoms with Gasteiger partial charge in [0.1, 0.15) is 5.25 Å². The summed E-state index contributed by atoms with van der Waals surface area (Å²) in [5.74, 6) is -0.829. The smallest absolute Gasteiger partial charge is 0.334 e. The zero-order valence-corrected chi connectivity index (χ0v) is 8.30. The van der Waals surface area contributed by atoms with Crippen molar-refractivity contribution in [3.63, 3.8) is 0 Å². The van der Waals surface area contributed by atoms with E-state index in [1.807, 2.05) is 0 Å². The summed E-state index contributed by atoms with van der Waals surface area (Å²) in [6.45, 7) is 4.77. The van der Waals surface area contributed by atoms with Gasteiger partial charge in [0, 0.05) is 0 Å². The highest BCUT2D eigenvalue weighted by atomic mass is 32.2. The van der Waals surface area contributed by atoms with E-state index in [2.05, 4.69) is 11.3 Å². The van der Waals surface area contributed by atoms with Crippen LogP contribution in [0.4, 0.5) is 0 Å². The van der Waals surface area contributed by atoms with Crippen LogP contribution in [0.25, 0.3) is 0 Å². The summed E-state index contributed by atoms with van der Waals surface area (Å²) in [5, 5.41) is -1.28. The first kappa shape index (κ1) is 12.1. The Hall–Kier alpha value is -0.880. The molecule has 0 aromatic rings. The van der Waals surface area contributed by atoms with E-state index in [0.29, 0.717) is 0 Å². The Balaban J connectivity index is 4.82. The average molecular weight is 208 g/mol. The van der Waals surface area contributed by atoms with E-state index in [1.165, 1.54) is 6.92 Å². The summed E-state index contributed by atoms with van der Waals surface area (Å²) in [6, 6.07) is 0. The van der Waals surface area contributed by atoms with Crippen molar-refractivity contribution in [1.29, 1.82) is 0 Å². The van der Waals surface area contributed by atoms with E-state index in [1.54, 1.807) is 0 Å². The molecule has 0 saturated carbocycles. The molecule has 0 aliphatic carbocycles. The van der Waals surface area contributed by atoms with Crippen molar-refractivity contribution in [2.45, 2.75) is 18.6 Å². The number of ether oxygens (including phenoxy) is 1. The molecule has 0 radical (unpaired) electrons. The van der Waals surface area contributed by atoms with Gasteiger partial charge < -0.3 is 4.74 Å². The second-order valence-electron chi connectivity index (χ2n) is 2.43. The maximum atomic E-state index is 10.9. The van der Waals surface area contributed by atoms with E-state index in [-0.39, 0.29) is 12.0 Å². The lowest BCUT2D eigenvalue weighted by molar-refractivity contribution is -0.136. The maximum absolute atomic E-state index is 10.9. The second-order valence-corrected chi connectivity index (χ2v) is 4.03. The molecular weight excluding hydrogens is 196 g/mol. The van der Waals surface area contributed by atoms with Crippen molar-refractivity contribution in [1.82, 2.24) is 0 Å². The molecule has 1 atom stereocenters. The number of hydrogen-bond donors (Lipinski definition) is 1. The van der Waals surface area contributed by atoms with E-state index >= 15 is 0 Å². The fraction of sp³-hybridized carbons (Fsp3) is 0.571. The van der Waals surface area contributed by atoms with Gasteiger partial charge in [0.25, 0.3) is 10.1 Å². The quantitative estimate of drug-likeness (QED) is 0.410. The first-order chi connectivity index (χ1) is 5.84. The van der Waals surface area contributed by atoms with Gasteiger partial charge in [-0.05, 0) is 6.42 Å². The van der Waals surface area contributed by atoms with Crippen LogP contribution >= 0.6 is 0 Å².